The normalized spacial score (nSPS) is 10.9. The van der Waals surface area contributed by atoms with E-state index >= 15 is 0 Å². The van der Waals surface area contributed by atoms with Gasteiger partial charge in [-0.15, -0.1) is 0 Å². The number of hydrogen-bond acceptors (Lipinski definition) is 3. The standard InChI is InChI=1S/C14H12BrFN4/c1-8-2-13-10(6-19-20-13)3-12(8)17-5-9-4-14(15)18-7-11(9)16/h2-4,6-7,17H,5H2,1H3,(H,19,20). The predicted molar refractivity (Wildman–Crippen MR) is 80.1 cm³/mol. The maximum Gasteiger partial charge on any atom is 0.146 e. The van der Waals surface area contributed by atoms with Gasteiger partial charge >= 0.3 is 0 Å². The van der Waals surface area contributed by atoms with Gasteiger partial charge in [0.05, 0.1) is 17.9 Å². The van der Waals surface area contributed by atoms with Crippen molar-refractivity contribution in [1.29, 1.82) is 0 Å². The van der Waals surface area contributed by atoms with Crippen LogP contribution in [-0.2, 0) is 6.54 Å². The van der Waals surface area contributed by atoms with Gasteiger partial charge < -0.3 is 5.32 Å². The van der Waals surface area contributed by atoms with E-state index in [-0.39, 0.29) is 5.82 Å². The third-order valence-corrected chi connectivity index (χ3v) is 3.59. The number of anilines is 1. The molecule has 3 aromatic rings. The first-order valence-electron chi connectivity index (χ1n) is 6.11. The Morgan fingerprint density at radius 3 is 3.00 bits per heavy atom. The van der Waals surface area contributed by atoms with Gasteiger partial charge in [-0.1, -0.05) is 0 Å². The highest BCUT2D eigenvalue weighted by Gasteiger charge is 2.06. The number of benzene rings is 1. The zero-order valence-electron chi connectivity index (χ0n) is 10.7. The number of fused-ring (bicyclic) bond motifs is 1. The molecule has 0 aliphatic carbocycles. The van der Waals surface area contributed by atoms with E-state index in [1.807, 2.05) is 19.1 Å². The SMILES string of the molecule is Cc1cc2[nH]ncc2cc1NCc1cc(Br)ncc1F. The first-order chi connectivity index (χ1) is 9.63. The van der Waals surface area contributed by atoms with Crippen molar-refractivity contribution in [3.63, 3.8) is 0 Å². The van der Waals surface area contributed by atoms with Crippen molar-refractivity contribution >= 4 is 32.5 Å². The van der Waals surface area contributed by atoms with E-state index in [0.717, 1.165) is 22.2 Å². The van der Waals surface area contributed by atoms with Gasteiger partial charge in [0.15, 0.2) is 0 Å². The second-order valence-corrected chi connectivity index (χ2v) is 5.39. The monoisotopic (exact) mass is 334 g/mol. The van der Waals surface area contributed by atoms with Crippen LogP contribution in [0.2, 0.25) is 0 Å². The number of aryl methyl sites for hydroxylation is 1. The Morgan fingerprint density at radius 2 is 2.15 bits per heavy atom. The molecule has 6 heteroatoms. The summed E-state index contributed by atoms with van der Waals surface area (Å²) in [4.78, 5) is 3.85. The molecule has 0 radical (unpaired) electrons. The van der Waals surface area contributed by atoms with E-state index in [2.05, 4.69) is 36.4 Å². The average Bonchev–Trinajstić information content (AvgIpc) is 2.86. The summed E-state index contributed by atoms with van der Waals surface area (Å²) in [5.74, 6) is -0.317. The largest absolute Gasteiger partial charge is 0.381 e. The number of nitrogens with one attached hydrogen (secondary N) is 2. The lowest BCUT2D eigenvalue weighted by molar-refractivity contribution is 0.605. The molecule has 4 nitrogen and oxygen atoms in total. The lowest BCUT2D eigenvalue weighted by atomic mass is 10.1. The Bertz CT molecular complexity index is 769. The summed E-state index contributed by atoms with van der Waals surface area (Å²) in [6, 6.07) is 5.69. The van der Waals surface area contributed by atoms with Crippen molar-refractivity contribution in [2.24, 2.45) is 0 Å². The first kappa shape index (κ1) is 13.1. The van der Waals surface area contributed by atoms with Crippen LogP contribution >= 0.6 is 15.9 Å². The van der Waals surface area contributed by atoms with E-state index in [4.69, 9.17) is 0 Å². The first-order valence-corrected chi connectivity index (χ1v) is 6.90. The molecule has 102 valence electrons. The predicted octanol–water partition coefficient (Wildman–Crippen LogP) is 3.78. The minimum Gasteiger partial charge on any atom is -0.381 e. The molecular formula is C14H12BrFN4. The van der Waals surface area contributed by atoms with Crippen LogP contribution in [0.3, 0.4) is 0 Å². The van der Waals surface area contributed by atoms with Gasteiger partial charge in [0.1, 0.15) is 10.4 Å². The van der Waals surface area contributed by atoms with Crippen molar-refractivity contribution in [2.45, 2.75) is 13.5 Å². The summed E-state index contributed by atoms with van der Waals surface area (Å²) in [7, 11) is 0. The lowest BCUT2D eigenvalue weighted by Gasteiger charge is -2.10. The molecule has 0 aliphatic rings. The number of nitrogens with zero attached hydrogens (tertiary/aromatic N) is 2. The van der Waals surface area contributed by atoms with Gasteiger partial charge in [0.25, 0.3) is 0 Å². The van der Waals surface area contributed by atoms with Crippen molar-refractivity contribution < 1.29 is 4.39 Å². The fraction of sp³-hybridized carbons (Fsp3) is 0.143. The van der Waals surface area contributed by atoms with Crippen LogP contribution in [-0.4, -0.2) is 15.2 Å². The average molecular weight is 335 g/mol. The highest BCUT2D eigenvalue weighted by atomic mass is 79.9. The molecule has 2 N–H and O–H groups in total. The second kappa shape index (κ2) is 5.20. The highest BCUT2D eigenvalue weighted by molar-refractivity contribution is 9.10. The van der Waals surface area contributed by atoms with Crippen molar-refractivity contribution in [3.8, 4) is 0 Å². The molecule has 0 saturated heterocycles. The molecule has 3 rings (SSSR count). The molecule has 0 amide bonds. The number of pyridine rings is 1. The van der Waals surface area contributed by atoms with E-state index in [0.29, 0.717) is 16.7 Å². The minimum absolute atomic E-state index is 0.317. The van der Waals surface area contributed by atoms with Gasteiger partial charge in [-0.25, -0.2) is 9.37 Å². The quantitative estimate of drug-likeness (QED) is 0.716. The molecule has 1 aromatic carbocycles. The summed E-state index contributed by atoms with van der Waals surface area (Å²) in [6.07, 6.45) is 2.98. The molecule has 0 unspecified atom stereocenters. The third-order valence-electron chi connectivity index (χ3n) is 3.16. The highest BCUT2D eigenvalue weighted by Crippen LogP contribution is 2.23. The van der Waals surface area contributed by atoms with E-state index < -0.39 is 0 Å². The Labute approximate surface area is 123 Å². The van der Waals surface area contributed by atoms with Crippen molar-refractivity contribution in [1.82, 2.24) is 15.2 Å². The molecule has 0 bridgehead atoms. The fourth-order valence-electron chi connectivity index (χ4n) is 2.07. The van der Waals surface area contributed by atoms with E-state index in [1.54, 1.807) is 12.3 Å². The van der Waals surface area contributed by atoms with Crippen LogP contribution in [0.25, 0.3) is 10.9 Å². The molecule has 0 saturated carbocycles. The zero-order chi connectivity index (χ0) is 14.1. The second-order valence-electron chi connectivity index (χ2n) is 4.58. The third kappa shape index (κ3) is 2.51. The number of aromatic nitrogens is 3. The summed E-state index contributed by atoms with van der Waals surface area (Å²) >= 11 is 3.25. The maximum absolute atomic E-state index is 13.6. The molecule has 0 fully saturated rings. The molecule has 0 spiro atoms. The van der Waals surface area contributed by atoms with Crippen molar-refractivity contribution in [2.75, 3.05) is 5.32 Å². The molecule has 2 aromatic heterocycles. The van der Waals surface area contributed by atoms with Crippen LogP contribution in [0.1, 0.15) is 11.1 Å². The topological polar surface area (TPSA) is 53.6 Å². The number of H-pyrrole nitrogens is 1. The van der Waals surface area contributed by atoms with Gasteiger partial charge in [0, 0.05) is 23.2 Å². The Kier molecular flexibility index (Phi) is 3.40. The smallest absolute Gasteiger partial charge is 0.146 e. The lowest BCUT2D eigenvalue weighted by Crippen LogP contribution is -2.03. The van der Waals surface area contributed by atoms with Gasteiger partial charge in [-0.05, 0) is 46.6 Å². The zero-order valence-corrected chi connectivity index (χ0v) is 12.3. The molecule has 0 atom stereocenters. The van der Waals surface area contributed by atoms with Gasteiger partial charge in [-0.3, -0.25) is 5.10 Å². The number of halogens is 2. The Balaban J connectivity index is 1.86. The molecule has 2 heterocycles. The summed E-state index contributed by atoms with van der Waals surface area (Å²) in [5, 5.41) is 11.2. The van der Waals surface area contributed by atoms with E-state index in [1.165, 1.54) is 6.20 Å². The van der Waals surface area contributed by atoms with Gasteiger partial charge in [-0.2, -0.15) is 5.10 Å². The maximum atomic E-state index is 13.6. The Morgan fingerprint density at radius 1 is 1.30 bits per heavy atom. The number of hydrogen-bond donors (Lipinski definition) is 2. The van der Waals surface area contributed by atoms with E-state index in [9.17, 15) is 4.39 Å². The minimum atomic E-state index is -0.317. The summed E-state index contributed by atoms with van der Waals surface area (Å²) in [6.45, 7) is 2.40. The summed E-state index contributed by atoms with van der Waals surface area (Å²) < 4.78 is 14.3. The summed E-state index contributed by atoms with van der Waals surface area (Å²) in [5.41, 5.74) is 3.60. The van der Waals surface area contributed by atoms with Crippen molar-refractivity contribution in [3.05, 3.63) is 52.1 Å². The Hall–Kier alpha value is -1.95. The number of rotatable bonds is 3. The van der Waals surface area contributed by atoms with Crippen LogP contribution in [0.4, 0.5) is 10.1 Å². The molecular weight excluding hydrogens is 323 g/mol. The van der Waals surface area contributed by atoms with Crippen LogP contribution in [0, 0.1) is 12.7 Å². The number of aromatic amines is 1. The molecule has 0 aliphatic heterocycles. The van der Waals surface area contributed by atoms with Crippen LogP contribution in [0.5, 0.6) is 0 Å². The molecule has 20 heavy (non-hydrogen) atoms. The van der Waals surface area contributed by atoms with Crippen LogP contribution in [0.15, 0.2) is 35.2 Å². The fourth-order valence-corrected chi connectivity index (χ4v) is 2.45. The van der Waals surface area contributed by atoms with Gasteiger partial charge in [0.2, 0.25) is 0 Å². The van der Waals surface area contributed by atoms with Crippen LogP contribution < -0.4 is 5.32 Å².